The summed E-state index contributed by atoms with van der Waals surface area (Å²) in [5, 5.41) is 2.91. The second-order valence-electron chi connectivity index (χ2n) is 6.85. The van der Waals surface area contributed by atoms with Crippen LogP contribution >= 0.6 is 0 Å². The number of benzene rings is 2. The highest BCUT2D eigenvalue weighted by Crippen LogP contribution is 2.40. The van der Waals surface area contributed by atoms with Gasteiger partial charge in [0.25, 0.3) is 5.91 Å². The molecular weight excluding hydrogens is 314 g/mol. The van der Waals surface area contributed by atoms with Crippen LogP contribution in [-0.2, 0) is 14.3 Å². The molecule has 4 heteroatoms. The number of amides is 1. The number of nitrogens with one attached hydrogen (secondary N) is 1. The highest BCUT2D eigenvalue weighted by molar-refractivity contribution is 5.97. The molecule has 1 aliphatic rings. The van der Waals surface area contributed by atoms with E-state index in [1.54, 1.807) is 12.1 Å². The molecule has 0 saturated heterocycles. The van der Waals surface area contributed by atoms with Crippen molar-refractivity contribution in [2.45, 2.75) is 33.3 Å². The summed E-state index contributed by atoms with van der Waals surface area (Å²) in [4.78, 5) is 25.1. The second-order valence-corrected chi connectivity index (χ2v) is 6.85. The van der Waals surface area contributed by atoms with Gasteiger partial charge in [-0.2, -0.15) is 0 Å². The molecule has 3 atom stereocenters. The van der Waals surface area contributed by atoms with Crippen molar-refractivity contribution in [2.75, 3.05) is 5.32 Å². The fourth-order valence-corrected chi connectivity index (χ4v) is 2.82. The lowest BCUT2D eigenvalue weighted by atomic mass is 10.1. The van der Waals surface area contributed by atoms with Crippen LogP contribution < -0.4 is 5.32 Å². The van der Waals surface area contributed by atoms with Crippen molar-refractivity contribution in [3.8, 4) is 0 Å². The van der Waals surface area contributed by atoms with Crippen molar-refractivity contribution in [1.82, 2.24) is 0 Å². The Morgan fingerprint density at radius 3 is 2.44 bits per heavy atom. The fraction of sp³-hybridized carbons (Fsp3) is 0.333. The Morgan fingerprint density at radius 1 is 1.12 bits per heavy atom. The molecule has 0 heterocycles. The van der Waals surface area contributed by atoms with E-state index in [1.165, 1.54) is 0 Å². The standard InChI is InChI=1S/C21H23NO3/c1-13-9-10-14(2)18(11-13)22-20(23)19(16-7-5-4-6-8-16)25-21(24)17-12-15(17)3/h4-11,15,17,19H,12H2,1-3H3,(H,22,23)/t15-,17-,19-/m0/s1. The van der Waals surface area contributed by atoms with E-state index in [2.05, 4.69) is 5.32 Å². The fourth-order valence-electron chi connectivity index (χ4n) is 2.82. The van der Waals surface area contributed by atoms with E-state index in [1.807, 2.05) is 57.2 Å². The molecule has 0 aromatic heterocycles. The van der Waals surface area contributed by atoms with E-state index >= 15 is 0 Å². The maximum Gasteiger partial charge on any atom is 0.310 e. The summed E-state index contributed by atoms with van der Waals surface area (Å²) in [5.41, 5.74) is 3.43. The Balaban J connectivity index is 1.81. The maximum absolute atomic E-state index is 12.8. The first-order chi connectivity index (χ1) is 12.0. The van der Waals surface area contributed by atoms with Crippen molar-refractivity contribution in [1.29, 1.82) is 0 Å². The van der Waals surface area contributed by atoms with Gasteiger partial charge in [0.2, 0.25) is 6.10 Å². The van der Waals surface area contributed by atoms with Crippen LogP contribution in [0.25, 0.3) is 0 Å². The van der Waals surface area contributed by atoms with Crippen LogP contribution in [0.1, 0.15) is 36.1 Å². The summed E-state index contributed by atoms with van der Waals surface area (Å²) in [7, 11) is 0. The van der Waals surface area contributed by atoms with Gasteiger partial charge in [0, 0.05) is 11.3 Å². The number of carbonyl (C=O) groups is 2. The van der Waals surface area contributed by atoms with Crippen molar-refractivity contribution in [3.05, 3.63) is 65.2 Å². The van der Waals surface area contributed by atoms with Gasteiger partial charge in [0.05, 0.1) is 5.92 Å². The molecule has 1 amide bonds. The van der Waals surface area contributed by atoms with Crippen molar-refractivity contribution < 1.29 is 14.3 Å². The third-order valence-electron chi connectivity index (χ3n) is 4.64. The largest absolute Gasteiger partial charge is 0.447 e. The van der Waals surface area contributed by atoms with Gasteiger partial charge < -0.3 is 10.1 Å². The van der Waals surface area contributed by atoms with E-state index in [-0.39, 0.29) is 17.8 Å². The Bertz CT molecular complexity index is 785. The van der Waals surface area contributed by atoms with Crippen LogP contribution in [0.4, 0.5) is 5.69 Å². The lowest BCUT2D eigenvalue weighted by Crippen LogP contribution is -2.27. The van der Waals surface area contributed by atoms with Crippen LogP contribution in [0.5, 0.6) is 0 Å². The summed E-state index contributed by atoms with van der Waals surface area (Å²) in [6, 6.07) is 15.0. The summed E-state index contributed by atoms with van der Waals surface area (Å²) in [6.45, 7) is 5.92. The molecule has 2 aromatic rings. The van der Waals surface area contributed by atoms with Gasteiger partial charge in [-0.05, 0) is 43.4 Å². The predicted molar refractivity (Wildman–Crippen MR) is 97.1 cm³/mol. The smallest absolute Gasteiger partial charge is 0.310 e. The lowest BCUT2D eigenvalue weighted by molar-refractivity contribution is -0.156. The predicted octanol–water partition coefficient (Wildman–Crippen LogP) is 4.18. The molecular formula is C21H23NO3. The molecule has 0 spiro atoms. The number of aryl methyl sites for hydroxylation is 2. The van der Waals surface area contributed by atoms with Crippen molar-refractivity contribution >= 4 is 17.6 Å². The number of hydrogen-bond acceptors (Lipinski definition) is 3. The van der Waals surface area contributed by atoms with Crippen LogP contribution in [0, 0.1) is 25.7 Å². The minimum atomic E-state index is -0.943. The number of carbonyl (C=O) groups excluding carboxylic acids is 2. The monoisotopic (exact) mass is 337 g/mol. The van der Waals surface area contributed by atoms with Crippen LogP contribution in [0.3, 0.4) is 0 Å². The maximum atomic E-state index is 12.8. The topological polar surface area (TPSA) is 55.4 Å². The van der Waals surface area contributed by atoms with Crippen molar-refractivity contribution in [2.24, 2.45) is 11.8 Å². The number of anilines is 1. The average molecular weight is 337 g/mol. The molecule has 4 nitrogen and oxygen atoms in total. The molecule has 1 saturated carbocycles. The van der Waals surface area contributed by atoms with Gasteiger partial charge >= 0.3 is 5.97 Å². The third-order valence-corrected chi connectivity index (χ3v) is 4.64. The first-order valence-electron chi connectivity index (χ1n) is 8.59. The number of esters is 1. The second kappa shape index (κ2) is 7.09. The molecule has 0 radical (unpaired) electrons. The van der Waals surface area contributed by atoms with Gasteiger partial charge in [-0.1, -0.05) is 49.4 Å². The number of rotatable bonds is 5. The van der Waals surface area contributed by atoms with Gasteiger partial charge in [-0.3, -0.25) is 9.59 Å². The van der Waals surface area contributed by atoms with E-state index in [4.69, 9.17) is 4.74 Å². The number of hydrogen-bond donors (Lipinski definition) is 1. The molecule has 130 valence electrons. The quantitative estimate of drug-likeness (QED) is 0.833. The molecule has 0 bridgehead atoms. The van der Waals surface area contributed by atoms with Crippen LogP contribution in [0.15, 0.2) is 48.5 Å². The highest BCUT2D eigenvalue weighted by atomic mass is 16.5. The summed E-state index contributed by atoms with van der Waals surface area (Å²) >= 11 is 0. The molecule has 1 N–H and O–H groups in total. The molecule has 1 aliphatic carbocycles. The van der Waals surface area contributed by atoms with Gasteiger partial charge in [0.15, 0.2) is 0 Å². The zero-order valence-electron chi connectivity index (χ0n) is 14.8. The zero-order valence-corrected chi connectivity index (χ0v) is 14.8. The summed E-state index contributed by atoms with van der Waals surface area (Å²) in [5.74, 6) is -0.371. The summed E-state index contributed by atoms with van der Waals surface area (Å²) < 4.78 is 5.58. The van der Waals surface area contributed by atoms with Gasteiger partial charge in [-0.25, -0.2) is 0 Å². The van der Waals surface area contributed by atoms with Gasteiger partial charge in [-0.15, -0.1) is 0 Å². The average Bonchev–Trinajstić information content (AvgIpc) is 3.33. The zero-order chi connectivity index (χ0) is 18.0. The lowest BCUT2D eigenvalue weighted by Gasteiger charge is -2.19. The molecule has 1 fully saturated rings. The minimum absolute atomic E-state index is 0.0836. The molecule has 0 unspecified atom stereocenters. The number of ether oxygens (including phenoxy) is 1. The van der Waals surface area contributed by atoms with E-state index in [9.17, 15) is 9.59 Å². The molecule has 0 aliphatic heterocycles. The Morgan fingerprint density at radius 2 is 1.80 bits per heavy atom. The Hall–Kier alpha value is -2.62. The Labute approximate surface area is 148 Å². The molecule has 3 rings (SSSR count). The van der Waals surface area contributed by atoms with Gasteiger partial charge in [0.1, 0.15) is 0 Å². The van der Waals surface area contributed by atoms with Crippen LogP contribution in [0.2, 0.25) is 0 Å². The van der Waals surface area contributed by atoms with E-state index in [0.717, 1.165) is 23.2 Å². The minimum Gasteiger partial charge on any atom is -0.447 e. The van der Waals surface area contributed by atoms with Crippen LogP contribution in [-0.4, -0.2) is 11.9 Å². The Kier molecular flexibility index (Phi) is 4.88. The van der Waals surface area contributed by atoms with E-state index < -0.39 is 6.10 Å². The molecule has 25 heavy (non-hydrogen) atoms. The first-order valence-corrected chi connectivity index (χ1v) is 8.59. The summed E-state index contributed by atoms with van der Waals surface area (Å²) in [6.07, 6.45) is -0.111. The molecule has 2 aromatic carbocycles. The van der Waals surface area contributed by atoms with E-state index in [0.29, 0.717) is 11.5 Å². The first kappa shape index (κ1) is 17.2. The SMILES string of the molecule is Cc1ccc(C)c(NC(=O)[C@@H](OC(=O)[C@H]2C[C@@H]2C)c2ccccc2)c1. The van der Waals surface area contributed by atoms with Crippen molar-refractivity contribution in [3.63, 3.8) is 0 Å². The normalized spacial score (nSPS) is 19.8. The highest BCUT2D eigenvalue weighted by Gasteiger charge is 2.42. The third kappa shape index (κ3) is 4.08.